The van der Waals surface area contributed by atoms with E-state index >= 15 is 0 Å². The second-order valence-corrected chi connectivity index (χ2v) is 4.39. The smallest absolute Gasteiger partial charge is 0.134 e. The summed E-state index contributed by atoms with van der Waals surface area (Å²) in [5.41, 5.74) is 0.884. The average molecular weight is 283 g/mol. The number of phenolic OH excluding ortho intramolecular Hbond substituents is 1. The number of rotatable bonds is 6. The predicted molar refractivity (Wildman–Crippen MR) is 67.0 cm³/mol. The van der Waals surface area contributed by atoms with E-state index in [-0.39, 0.29) is 0 Å². The number of hydrogen-bond donors (Lipinski definition) is 2. The number of nitriles is 1. The molecule has 1 rings (SSSR count). The quantitative estimate of drug-likeness (QED) is 0.789. The first-order valence-corrected chi connectivity index (χ1v) is 6.09. The minimum Gasteiger partial charge on any atom is -0.506 e. The van der Waals surface area contributed by atoms with Crippen LogP contribution in [-0.4, -0.2) is 11.7 Å². The molecule has 2 N–H and O–H groups in total. The van der Waals surface area contributed by atoms with Crippen LogP contribution in [-0.2, 0) is 6.54 Å². The van der Waals surface area contributed by atoms with E-state index < -0.39 is 0 Å². The van der Waals surface area contributed by atoms with Gasteiger partial charge in [0.05, 0.1) is 10.5 Å². The zero-order valence-electron chi connectivity index (χ0n) is 9.04. The summed E-state index contributed by atoms with van der Waals surface area (Å²) in [5.74, 6) is 0.298. The molecular weight excluding hydrogens is 268 g/mol. The van der Waals surface area contributed by atoms with Crippen LogP contribution in [0.15, 0.2) is 22.7 Å². The van der Waals surface area contributed by atoms with Crippen molar-refractivity contribution in [2.75, 3.05) is 6.54 Å². The summed E-state index contributed by atoms with van der Waals surface area (Å²) < 4.78 is 0.719. The number of nitrogens with one attached hydrogen (secondary N) is 1. The van der Waals surface area contributed by atoms with Gasteiger partial charge in [-0.05, 0) is 41.4 Å². The number of halogens is 1. The summed E-state index contributed by atoms with van der Waals surface area (Å²) in [6.07, 6.45) is 2.53. The molecule has 0 amide bonds. The molecule has 0 heterocycles. The van der Waals surface area contributed by atoms with Crippen LogP contribution >= 0.6 is 15.9 Å². The van der Waals surface area contributed by atoms with Crippen LogP contribution in [0.2, 0.25) is 0 Å². The number of benzene rings is 1. The van der Waals surface area contributed by atoms with Crippen molar-refractivity contribution in [2.24, 2.45) is 0 Å². The van der Waals surface area contributed by atoms with Gasteiger partial charge in [0.2, 0.25) is 0 Å². The Labute approximate surface area is 104 Å². The third-order valence-electron chi connectivity index (χ3n) is 2.28. The minimum atomic E-state index is 0.298. The monoisotopic (exact) mass is 282 g/mol. The van der Waals surface area contributed by atoms with Crippen molar-refractivity contribution in [3.8, 4) is 11.8 Å². The van der Waals surface area contributed by atoms with Gasteiger partial charge in [-0.3, -0.25) is 0 Å². The van der Waals surface area contributed by atoms with Crippen LogP contribution in [0.5, 0.6) is 5.75 Å². The molecule has 0 spiro atoms. The highest BCUT2D eigenvalue weighted by Crippen LogP contribution is 2.27. The van der Waals surface area contributed by atoms with Crippen molar-refractivity contribution >= 4 is 15.9 Å². The molecule has 0 bridgehead atoms. The van der Waals surface area contributed by atoms with Gasteiger partial charge in [0, 0.05) is 18.5 Å². The summed E-state index contributed by atoms with van der Waals surface area (Å²) in [7, 11) is 0. The lowest BCUT2D eigenvalue weighted by molar-refractivity contribution is 0.460. The van der Waals surface area contributed by atoms with Gasteiger partial charge >= 0.3 is 0 Å². The van der Waals surface area contributed by atoms with E-state index in [9.17, 15) is 5.11 Å². The molecule has 0 aliphatic carbocycles. The first kappa shape index (κ1) is 13.0. The lowest BCUT2D eigenvalue weighted by Gasteiger charge is -2.07. The minimum absolute atomic E-state index is 0.298. The largest absolute Gasteiger partial charge is 0.506 e. The van der Waals surface area contributed by atoms with Crippen molar-refractivity contribution in [2.45, 2.75) is 25.8 Å². The van der Waals surface area contributed by atoms with Gasteiger partial charge in [-0.25, -0.2) is 0 Å². The molecule has 0 aliphatic rings. The number of nitrogens with zero attached hydrogens (tertiary/aromatic N) is 1. The SMILES string of the molecule is N#CCCCCNCc1cccc(Br)c1O. The first-order chi connectivity index (χ1) is 7.75. The molecule has 1 aromatic carbocycles. The normalized spacial score (nSPS) is 10.0. The van der Waals surface area contributed by atoms with Crippen LogP contribution < -0.4 is 5.32 Å². The summed E-state index contributed by atoms with van der Waals surface area (Å²) in [4.78, 5) is 0. The van der Waals surface area contributed by atoms with Crippen molar-refractivity contribution in [1.82, 2.24) is 5.32 Å². The fourth-order valence-corrected chi connectivity index (χ4v) is 1.79. The third kappa shape index (κ3) is 4.21. The first-order valence-electron chi connectivity index (χ1n) is 5.29. The molecular formula is C12H15BrN2O. The highest BCUT2D eigenvalue weighted by atomic mass is 79.9. The third-order valence-corrected chi connectivity index (χ3v) is 2.92. The number of para-hydroxylation sites is 1. The molecule has 0 saturated heterocycles. The molecule has 0 unspecified atom stereocenters. The van der Waals surface area contributed by atoms with Crippen LogP contribution in [0.4, 0.5) is 0 Å². The maximum Gasteiger partial charge on any atom is 0.134 e. The molecule has 86 valence electrons. The van der Waals surface area contributed by atoms with Gasteiger partial charge in [0.1, 0.15) is 5.75 Å². The Kier molecular flexibility index (Phi) is 5.91. The van der Waals surface area contributed by atoms with Crippen molar-refractivity contribution in [3.63, 3.8) is 0 Å². The van der Waals surface area contributed by atoms with Gasteiger partial charge in [0.25, 0.3) is 0 Å². The van der Waals surface area contributed by atoms with Gasteiger partial charge in [-0.2, -0.15) is 5.26 Å². The predicted octanol–water partition coefficient (Wildman–Crippen LogP) is 2.94. The Hall–Kier alpha value is -1.05. The van der Waals surface area contributed by atoms with E-state index in [1.165, 1.54) is 0 Å². The van der Waals surface area contributed by atoms with Gasteiger partial charge in [0.15, 0.2) is 0 Å². The van der Waals surface area contributed by atoms with E-state index in [2.05, 4.69) is 27.3 Å². The molecule has 3 nitrogen and oxygen atoms in total. The van der Waals surface area contributed by atoms with Gasteiger partial charge in [-0.15, -0.1) is 0 Å². The van der Waals surface area contributed by atoms with E-state index in [1.54, 1.807) is 0 Å². The zero-order chi connectivity index (χ0) is 11.8. The maximum atomic E-state index is 9.71. The molecule has 0 aliphatic heterocycles. The summed E-state index contributed by atoms with van der Waals surface area (Å²) in [6, 6.07) is 7.72. The fraction of sp³-hybridized carbons (Fsp3) is 0.417. The Bertz CT molecular complexity index is 374. The molecule has 16 heavy (non-hydrogen) atoms. The molecule has 0 atom stereocenters. The molecule has 4 heteroatoms. The van der Waals surface area contributed by atoms with E-state index in [1.807, 2.05) is 18.2 Å². The molecule has 0 aromatic heterocycles. The van der Waals surface area contributed by atoms with Crippen molar-refractivity contribution < 1.29 is 5.11 Å². The highest BCUT2D eigenvalue weighted by Gasteiger charge is 2.03. The van der Waals surface area contributed by atoms with Crippen LogP contribution in [0.1, 0.15) is 24.8 Å². The number of phenols is 1. The van der Waals surface area contributed by atoms with Gasteiger partial charge in [-0.1, -0.05) is 12.1 Å². The molecule has 0 saturated carbocycles. The Morgan fingerprint density at radius 1 is 1.38 bits per heavy atom. The van der Waals surface area contributed by atoms with E-state index in [0.717, 1.165) is 29.4 Å². The Morgan fingerprint density at radius 2 is 2.19 bits per heavy atom. The molecule has 1 aromatic rings. The standard InChI is InChI=1S/C12H15BrN2O/c13-11-6-4-5-10(12(11)16)9-15-8-3-1-2-7-14/h4-6,15-16H,1-3,8-9H2. The number of aromatic hydroxyl groups is 1. The van der Waals surface area contributed by atoms with Crippen molar-refractivity contribution in [3.05, 3.63) is 28.2 Å². The molecule has 0 fully saturated rings. The zero-order valence-corrected chi connectivity index (χ0v) is 10.6. The lowest BCUT2D eigenvalue weighted by atomic mass is 10.2. The van der Waals surface area contributed by atoms with E-state index in [0.29, 0.717) is 18.7 Å². The Morgan fingerprint density at radius 3 is 2.94 bits per heavy atom. The van der Waals surface area contributed by atoms with E-state index in [4.69, 9.17) is 5.26 Å². The van der Waals surface area contributed by atoms with Crippen LogP contribution in [0, 0.1) is 11.3 Å². The highest BCUT2D eigenvalue weighted by molar-refractivity contribution is 9.10. The van der Waals surface area contributed by atoms with Crippen LogP contribution in [0.3, 0.4) is 0 Å². The lowest BCUT2D eigenvalue weighted by Crippen LogP contribution is -2.14. The molecule has 0 radical (unpaired) electrons. The fourth-order valence-electron chi connectivity index (χ4n) is 1.38. The Balaban J connectivity index is 2.27. The number of unbranched alkanes of at least 4 members (excludes halogenated alkanes) is 2. The summed E-state index contributed by atoms with van der Waals surface area (Å²) in [5, 5.41) is 21.3. The second kappa shape index (κ2) is 7.26. The second-order valence-electron chi connectivity index (χ2n) is 3.54. The maximum absolute atomic E-state index is 9.71. The summed E-state index contributed by atoms with van der Waals surface area (Å²) >= 11 is 3.28. The summed E-state index contributed by atoms with van der Waals surface area (Å²) in [6.45, 7) is 1.52. The van der Waals surface area contributed by atoms with Gasteiger partial charge < -0.3 is 10.4 Å². The average Bonchev–Trinajstić information content (AvgIpc) is 2.29. The topological polar surface area (TPSA) is 56.0 Å². The number of hydrogen-bond acceptors (Lipinski definition) is 3. The van der Waals surface area contributed by atoms with Crippen molar-refractivity contribution in [1.29, 1.82) is 5.26 Å². The van der Waals surface area contributed by atoms with Crippen LogP contribution in [0.25, 0.3) is 0 Å².